The Balaban J connectivity index is 1.42. The smallest absolute Gasteiger partial charge is 0.384 e. The Morgan fingerprint density at radius 1 is 1.00 bits per heavy atom. The minimum absolute atomic E-state index is 0.733. The van der Waals surface area contributed by atoms with E-state index in [-0.39, 0.29) is 0 Å². The van der Waals surface area contributed by atoms with Gasteiger partial charge in [-0.3, -0.25) is 0 Å². The molecule has 1 aromatic heterocycles. The fourth-order valence-electron chi connectivity index (χ4n) is 2.03. The van der Waals surface area contributed by atoms with Gasteiger partial charge < -0.3 is 13.6 Å². The van der Waals surface area contributed by atoms with Gasteiger partial charge in [0.2, 0.25) is 0 Å². The van der Waals surface area contributed by atoms with E-state index in [0.717, 1.165) is 54.3 Å². The molecular formula is C16H24NO3S8Si. The molecule has 0 saturated heterocycles. The van der Waals surface area contributed by atoms with Gasteiger partial charge in [0, 0.05) is 32.7 Å². The lowest BCUT2D eigenvalue weighted by Crippen LogP contribution is -2.24. The zero-order valence-electron chi connectivity index (χ0n) is 16.2. The molecule has 2 rings (SSSR count). The summed E-state index contributed by atoms with van der Waals surface area (Å²) < 4.78 is 19.0. The molecular weight excluding hydrogens is 539 g/mol. The summed E-state index contributed by atoms with van der Waals surface area (Å²) in [5, 5.41) is 0. The van der Waals surface area contributed by atoms with Crippen LogP contribution >= 0.6 is 82.1 Å². The van der Waals surface area contributed by atoms with Crippen molar-refractivity contribution < 1.29 is 13.6 Å². The van der Waals surface area contributed by atoms with E-state index in [1.807, 2.05) is 53.3 Å². The first-order chi connectivity index (χ1) is 14.3. The largest absolute Gasteiger partial charge is 0.394 e. The molecule has 1 heterocycles. The van der Waals surface area contributed by atoms with Crippen LogP contribution < -0.4 is 0 Å². The summed E-state index contributed by atoms with van der Waals surface area (Å²) in [5.74, 6) is 1.12. The third kappa shape index (κ3) is 12.5. The molecule has 0 bridgehead atoms. The van der Waals surface area contributed by atoms with E-state index < -0.39 is 9.28 Å². The van der Waals surface area contributed by atoms with Gasteiger partial charge in [-0.2, -0.15) is 0 Å². The first kappa shape index (κ1) is 26.9. The third-order valence-corrected chi connectivity index (χ3v) is 19.4. The number of methoxy groups -OCH3 is 1. The zero-order chi connectivity index (χ0) is 20.6. The maximum Gasteiger partial charge on any atom is 0.384 e. The van der Waals surface area contributed by atoms with Gasteiger partial charge in [0.05, 0.1) is 10.2 Å². The first-order valence-electron chi connectivity index (χ1n) is 8.92. The summed E-state index contributed by atoms with van der Waals surface area (Å²) in [4.78, 5) is 4.63. The highest BCUT2D eigenvalue weighted by Crippen LogP contribution is 2.56. The van der Waals surface area contributed by atoms with Gasteiger partial charge in [-0.15, -0.1) is 11.3 Å². The molecule has 29 heavy (non-hydrogen) atoms. The minimum Gasteiger partial charge on any atom is -0.394 e. The molecule has 13 heteroatoms. The van der Waals surface area contributed by atoms with Crippen molar-refractivity contribution in [1.29, 1.82) is 0 Å². The molecule has 0 unspecified atom stereocenters. The number of hydrogen-bond acceptors (Lipinski definition) is 12. The molecule has 0 N–H and O–H groups in total. The fourth-order valence-corrected chi connectivity index (χ4v) is 19.4. The summed E-state index contributed by atoms with van der Waals surface area (Å²) in [5.41, 5.74) is 1.09. The monoisotopic (exact) mass is 562 g/mol. The number of nitrogens with zero attached hydrogens (tertiary/aromatic N) is 1. The standard InChI is InChI=1S/C16H24NO3S8Si/c1-3-19-29(20-11-6-10-18-2)13-7-12-21-24-26-28-27-25-23-16-17-14-8-4-5-9-15(14)22-16/h4-5,8-9H,3,6-7,10-13H2,1-2H3. The van der Waals surface area contributed by atoms with Crippen LogP contribution in [0.5, 0.6) is 0 Å². The normalized spacial score (nSPS) is 11.7. The predicted molar refractivity (Wildman–Crippen MR) is 145 cm³/mol. The van der Waals surface area contributed by atoms with Crippen molar-refractivity contribution in [2.75, 3.05) is 32.7 Å². The van der Waals surface area contributed by atoms with Crippen molar-refractivity contribution in [3.05, 3.63) is 24.3 Å². The summed E-state index contributed by atoms with van der Waals surface area (Å²) in [6, 6.07) is 9.33. The van der Waals surface area contributed by atoms with E-state index in [1.165, 1.54) is 4.70 Å². The third-order valence-electron chi connectivity index (χ3n) is 3.21. The molecule has 163 valence electrons. The van der Waals surface area contributed by atoms with Gasteiger partial charge >= 0.3 is 9.28 Å². The highest BCUT2D eigenvalue weighted by atomic mass is 33.9. The Labute approximate surface area is 205 Å². The Kier molecular flexibility index (Phi) is 16.8. The van der Waals surface area contributed by atoms with Crippen molar-refractivity contribution in [3.8, 4) is 0 Å². The van der Waals surface area contributed by atoms with Crippen molar-refractivity contribution in [3.63, 3.8) is 0 Å². The van der Waals surface area contributed by atoms with Gasteiger partial charge in [0.1, 0.15) is 0 Å². The van der Waals surface area contributed by atoms with E-state index in [1.54, 1.807) is 48.9 Å². The van der Waals surface area contributed by atoms with Crippen molar-refractivity contribution in [2.24, 2.45) is 0 Å². The van der Waals surface area contributed by atoms with E-state index in [0.29, 0.717) is 0 Å². The second kappa shape index (κ2) is 18.1. The maximum atomic E-state index is 5.87. The maximum absolute atomic E-state index is 5.87. The topological polar surface area (TPSA) is 40.6 Å². The van der Waals surface area contributed by atoms with Crippen LogP contribution in [0.1, 0.15) is 19.8 Å². The van der Waals surface area contributed by atoms with Crippen LogP contribution in [0.2, 0.25) is 6.04 Å². The van der Waals surface area contributed by atoms with Crippen molar-refractivity contribution in [1.82, 2.24) is 4.98 Å². The quantitative estimate of drug-likeness (QED) is 0.100. The summed E-state index contributed by atoms with van der Waals surface area (Å²) in [6.45, 7) is 4.25. The zero-order valence-corrected chi connectivity index (χ0v) is 23.7. The van der Waals surface area contributed by atoms with Gasteiger partial charge in [-0.1, -0.05) is 22.9 Å². The molecule has 4 nitrogen and oxygen atoms in total. The molecule has 1 aromatic carbocycles. The molecule has 2 aromatic rings. The fraction of sp³-hybridized carbons (Fsp3) is 0.562. The Bertz CT molecular complexity index is 635. The van der Waals surface area contributed by atoms with Crippen LogP contribution in [-0.4, -0.2) is 47.0 Å². The highest BCUT2D eigenvalue weighted by molar-refractivity contribution is 9.46. The molecule has 0 amide bonds. The number of thiazole rings is 1. The SMILES string of the molecule is CCO[Si](CCCSSSSSSSc1nc2ccccc2s1)OCCCOC. The van der Waals surface area contributed by atoms with Crippen LogP contribution in [0.4, 0.5) is 0 Å². The summed E-state index contributed by atoms with van der Waals surface area (Å²) in [6.07, 6.45) is 2.07. The number of para-hydroxylation sites is 1. The number of hydrogen-bond donors (Lipinski definition) is 0. The summed E-state index contributed by atoms with van der Waals surface area (Å²) in [7, 11) is 13.3. The number of rotatable bonds is 18. The van der Waals surface area contributed by atoms with Gasteiger partial charge in [-0.05, 0) is 97.9 Å². The molecule has 0 fully saturated rings. The van der Waals surface area contributed by atoms with Gasteiger partial charge in [-0.25, -0.2) is 4.98 Å². The Morgan fingerprint density at radius 2 is 1.83 bits per heavy atom. The second-order valence-electron chi connectivity index (χ2n) is 5.30. The van der Waals surface area contributed by atoms with Crippen LogP contribution in [0.15, 0.2) is 28.6 Å². The van der Waals surface area contributed by atoms with Crippen LogP contribution in [0.25, 0.3) is 10.2 Å². The molecule has 1 radical (unpaired) electrons. The number of fused-ring (bicyclic) bond motifs is 1. The Morgan fingerprint density at radius 3 is 2.66 bits per heavy atom. The van der Waals surface area contributed by atoms with Gasteiger partial charge in [0.25, 0.3) is 0 Å². The average molecular weight is 563 g/mol. The van der Waals surface area contributed by atoms with E-state index >= 15 is 0 Å². The molecule has 0 aliphatic carbocycles. The lowest BCUT2D eigenvalue weighted by molar-refractivity contribution is 0.152. The molecule has 0 atom stereocenters. The van der Waals surface area contributed by atoms with Crippen molar-refractivity contribution in [2.45, 2.75) is 30.1 Å². The molecule has 0 aliphatic rings. The molecule has 0 aliphatic heterocycles. The lowest BCUT2D eigenvalue weighted by Gasteiger charge is -2.14. The van der Waals surface area contributed by atoms with E-state index in [2.05, 4.69) is 23.2 Å². The van der Waals surface area contributed by atoms with E-state index in [4.69, 9.17) is 13.6 Å². The number of benzene rings is 1. The van der Waals surface area contributed by atoms with Crippen LogP contribution in [-0.2, 0) is 13.6 Å². The highest BCUT2D eigenvalue weighted by Gasteiger charge is 2.14. The molecule has 0 spiro atoms. The molecule has 0 saturated carbocycles. The van der Waals surface area contributed by atoms with Gasteiger partial charge in [0.15, 0.2) is 4.34 Å². The van der Waals surface area contributed by atoms with E-state index in [9.17, 15) is 0 Å². The average Bonchev–Trinajstić information content (AvgIpc) is 3.15. The minimum atomic E-state index is -1.12. The predicted octanol–water partition coefficient (Wildman–Crippen LogP) is 8.25. The second-order valence-corrected chi connectivity index (χ2v) is 19.7. The number of ether oxygens (including phenoxy) is 1. The Hall–Kier alpha value is 1.66. The lowest BCUT2D eigenvalue weighted by atomic mass is 10.3. The van der Waals surface area contributed by atoms with Crippen molar-refractivity contribution >= 4 is 102 Å². The van der Waals surface area contributed by atoms with Crippen LogP contribution in [0, 0.1) is 0 Å². The first-order valence-corrected chi connectivity index (χ1v) is 20.2. The number of aromatic nitrogens is 1. The van der Waals surface area contributed by atoms with Crippen LogP contribution in [0.3, 0.4) is 0 Å². The summed E-state index contributed by atoms with van der Waals surface area (Å²) >= 11 is 1.76.